The standard InChI is InChI=1S/C18H24N2O4/c1-12-5-6-13(9-14(12)17(19)24)20-15(21)10-18(11-16(22)23)7-3-2-4-8-18/h5-6,9H,2-4,7-8,10-11H2,1H3,(H2,19,24)(H,20,21)(H,22,23). The number of nitrogens with two attached hydrogens (primary N) is 1. The number of carboxylic acid groups (broad SMARTS) is 1. The molecule has 1 aromatic rings. The molecular weight excluding hydrogens is 308 g/mol. The Kier molecular flexibility index (Phi) is 5.59. The van der Waals surface area contributed by atoms with E-state index in [0.29, 0.717) is 11.3 Å². The number of carboxylic acids is 1. The number of rotatable bonds is 6. The lowest BCUT2D eigenvalue weighted by Gasteiger charge is -2.35. The SMILES string of the molecule is Cc1ccc(NC(=O)CC2(CC(=O)O)CCCCC2)cc1C(N)=O. The number of carbonyl (C=O) groups excluding carboxylic acids is 2. The molecule has 2 amide bonds. The van der Waals surface area contributed by atoms with Crippen LogP contribution >= 0.6 is 0 Å². The highest BCUT2D eigenvalue weighted by Crippen LogP contribution is 2.42. The van der Waals surface area contributed by atoms with Gasteiger partial charge in [-0.15, -0.1) is 0 Å². The summed E-state index contributed by atoms with van der Waals surface area (Å²) in [6, 6.07) is 4.99. The lowest BCUT2D eigenvalue weighted by molar-refractivity contribution is -0.140. The summed E-state index contributed by atoms with van der Waals surface area (Å²) in [5.74, 6) is -1.63. The molecule has 0 radical (unpaired) electrons. The number of hydrogen-bond acceptors (Lipinski definition) is 3. The zero-order valence-corrected chi connectivity index (χ0v) is 13.9. The van der Waals surface area contributed by atoms with Crippen molar-refractivity contribution >= 4 is 23.5 Å². The Balaban J connectivity index is 2.09. The molecule has 130 valence electrons. The van der Waals surface area contributed by atoms with Crippen molar-refractivity contribution in [1.29, 1.82) is 0 Å². The minimum absolute atomic E-state index is 0.0147. The highest BCUT2D eigenvalue weighted by atomic mass is 16.4. The maximum atomic E-state index is 12.4. The highest BCUT2D eigenvalue weighted by Gasteiger charge is 2.36. The summed E-state index contributed by atoms with van der Waals surface area (Å²) in [6.45, 7) is 1.77. The van der Waals surface area contributed by atoms with Crippen LogP contribution in [0.3, 0.4) is 0 Å². The highest BCUT2D eigenvalue weighted by molar-refractivity contribution is 5.97. The van der Waals surface area contributed by atoms with Crippen LogP contribution in [0.4, 0.5) is 5.69 Å². The monoisotopic (exact) mass is 332 g/mol. The molecular formula is C18H24N2O4. The maximum Gasteiger partial charge on any atom is 0.303 e. The van der Waals surface area contributed by atoms with E-state index in [1.54, 1.807) is 25.1 Å². The summed E-state index contributed by atoms with van der Waals surface area (Å²) in [5, 5.41) is 11.9. The van der Waals surface area contributed by atoms with Crippen LogP contribution in [0.1, 0.15) is 60.9 Å². The van der Waals surface area contributed by atoms with Crippen LogP contribution in [0.15, 0.2) is 18.2 Å². The summed E-state index contributed by atoms with van der Waals surface area (Å²) in [7, 11) is 0. The van der Waals surface area contributed by atoms with E-state index < -0.39 is 17.3 Å². The molecule has 0 spiro atoms. The second-order valence-electron chi connectivity index (χ2n) is 6.75. The Bertz CT molecular complexity index is 648. The molecule has 1 fully saturated rings. The van der Waals surface area contributed by atoms with Crippen LogP contribution in [-0.2, 0) is 9.59 Å². The number of aryl methyl sites for hydroxylation is 1. The third-order valence-corrected chi connectivity index (χ3v) is 4.76. The maximum absolute atomic E-state index is 12.4. The third-order valence-electron chi connectivity index (χ3n) is 4.76. The van der Waals surface area contributed by atoms with Crippen molar-refractivity contribution in [1.82, 2.24) is 0 Å². The molecule has 0 saturated heterocycles. The normalized spacial score (nSPS) is 16.4. The van der Waals surface area contributed by atoms with Crippen LogP contribution in [0.5, 0.6) is 0 Å². The number of carbonyl (C=O) groups is 3. The molecule has 2 rings (SSSR count). The number of amides is 2. The van der Waals surface area contributed by atoms with Crippen molar-refractivity contribution in [2.45, 2.75) is 51.9 Å². The van der Waals surface area contributed by atoms with Crippen molar-refractivity contribution in [3.05, 3.63) is 29.3 Å². The van der Waals surface area contributed by atoms with E-state index in [1.165, 1.54) is 0 Å². The summed E-state index contributed by atoms with van der Waals surface area (Å²) in [6.07, 6.45) is 4.71. The van der Waals surface area contributed by atoms with Gasteiger partial charge in [0, 0.05) is 17.7 Å². The lowest BCUT2D eigenvalue weighted by Crippen LogP contribution is -2.32. The van der Waals surface area contributed by atoms with Crippen molar-refractivity contribution in [3.63, 3.8) is 0 Å². The molecule has 0 aromatic heterocycles. The van der Waals surface area contributed by atoms with Gasteiger partial charge in [0.05, 0.1) is 6.42 Å². The average Bonchev–Trinajstić information content (AvgIpc) is 2.48. The van der Waals surface area contributed by atoms with Gasteiger partial charge >= 0.3 is 5.97 Å². The second-order valence-corrected chi connectivity index (χ2v) is 6.75. The number of aliphatic carboxylic acids is 1. The van der Waals surface area contributed by atoms with E-state index in [0.717, 1.165) is 37.7 Å². The molecule has 1 aliphatic rings. The van der Waals surface area contributed by atoms with E-state index >= 15 is 0 Å². The van der Waals surface area contributed by atoms with Crippen LogP contribution in [-0.4, -0.2) is 22.9 Å². The zero-order valence-electron chi connectivity index (χ0n) is 13.9. The molecule has 0 aliphatic heterocycles. The fourth-order valence-electron chi connectivity index (χ4n) is 3.55. The van der Waals surface area contributed by atoms with E-state index in [2.05, 4.69) is 5.32 Å². The van der Waals surface area contributed by atoms with Crippen LogP contribution in [0.2, 0.25) is 0 Å². The van der Waals surface area contributed by atoms with Crippen LogP contribution in [0, 0.1) is 12.3 Å². The molecule has 6 nitrogen and oxygen atoms in total. The Morgan fingerprint density at radius 2 is 1.83 bits per heavy atom. The molecule has 0 bridgehead atoms. The number of primary amides is 1. The fourth-order valence-corrected chi connectivity index (χ4v) is 3.55. The lowest BCUT2D eigenvalue weighted by atomic mass is 9.69. The topological polar surface area (TPSA) is 109 Å². The van der Waals surface area contributed by atoms with Gasteiger partial charge < -0.3 is 16.2 Å². The largest absolute Gasteiger partial charge is 0.481 e. The summed E-state index contributed by atoms with van der Waals surface area (Å²) < 4.78 is 0. The molecule has 0 atom stereocenters. The van der Waals surface area contributed by atoms with Gasteiger partial charge in [-0.05, 0) is 42.9 Å². The van der Waals surface area contributed by atoms with Gasteiger partial charge in [-0.1, -0.05) is 25.3 Å². The second kappa shape index (κ2) is 7.47. The average molecular weight is 332 g/mol. The van der Waals surface area contributed by atoms with Crippen LogP contribution < -0.4 is 11.1 Å². The molecule has 24 heavy (non-hydrogen) atoms. The molecule has 6 heteroatoms. The fraction of sp³-hybridized carbons (Fsp3) is 0.500. The van der Waals surface area contributed by atoms with Crippen molar-refractivity contribution in [2.75, 3.05) is 5.32 Å². The van der Waals surface area contributed by atoms with Gasteiger partial charge in [-0.3, -0.25) is 14.4 Å². The molecule has 1 aromatic carbocycles. The zero-order chi connectivity index (χ0) is 17.7. The Morgan fingerprint density at radius 3 is 2.42 bits per heavy atom. The van der Waals surface area contributed by atoms with E-state index in [-0.39, 0.29) is 18.7 Å². The van der Waals surface area contributed by atoms with Gasteiger partial charge in [0.1, 0.15) is 0 Å². The van der Waals surface area contributed by atoms with Gasteiger partial charge in [0.15, 0.2) is 0 Å². The first-order valence-electron chi connectivity index (χ1n) is 8.23. The van der Waals surface area contributed by atoms with Crippen molar-refractivity contribution in [2.24, 2.45) is 11.1 Å². The van der Waals surface area contributed by atoms with Gasteiger partial charge in [-0.2, -0.15) is 0 Å². The van der Waals surface area contributed by atoms with Gasteiger partial charge in [-0.25, -0.2) is 0 Å². The summed E-state index contributed by atoms with van der Waals surface area (Å²) in [5.41, 5.74) is 6.47. The number of nitrogens with one attached hydrogen (secondary N) is 1. The number of benzene rings is 1. The number of anilines is 1. The summed E-state index contributed by atoms with van der Waals surface area (Å²) >= 11 is 0. The Labute approximate surface area is 141 Å². The Hall–Kier alpha value is -2.37. The first-order valence-corrected chi connectivity index (χ1v) is 8.23. The predicted octanol–water partition coefficient (Wildman–Crippen LogP) is 2.85. The third kappa shape index (κ3) is 4.57. The quantitative estimate of drug-likeness (QED) is 0.744. The molecule has 4 N–H and O–H groups in total. The Morgan fingerprint density at radius 1 is 1.17 bits per heavy atom. The van der Waals surface area contributed by atoms with Crippen molar-refractivity contribution in [3.8, 4) is 0 Å². The smallest absolute Gasteiger partial charge is 0.303 e. The number of hydrogen-bond donors (Lipinski definition) is 3. The molecule has 0 unspecified atom stereocenters. The summed E-state index contributed by atoms with van der Waals surface area (Å²) in [4.78, 5) is 35.0. The minimum atomic E-state index is -0.865. The van der Waals surface area contributed by atoms with E-state index in [9.17, 15) is 19.5 Å². The molecule has 1 aliphatic carbocycles. The molecule has 1 saturated carbocycles. The minimum Gasteiger partial charge on any atom is -0.481 e. The van der Waals surface area contributed by atoms with E-state index in [1.807, 2.05) is 0 Å². The van der Waals surface area contributed by atoms with Crippen LogP contribution in [0.25, 0.3) is 0 Å². The van der Waals surface area contributed by atoms with Gasteiger partial charge in [0.2, 0.25) is 11.8 Å². The van der Waals surface area contributed by atoms with Crippen molar-refractivity contribution < 1.29 is 19.5 Å². The molecule has 0 heterocycles. The van der Waals surface area contributed by atoms with E-state index in [4.69, 9.17) is 5.73 Å². The predicted molar refractivity (Wildman–Crippen MR) is 90.7 cm³/mol. The van der Waals surface area contributed by atoms with Gasteiger partial charge in [0.25, 0.3) is 0 Å². The first kappa shape index (κ1) is 18.0. The first-order chi connectivity index (χ1) is 11.3.